The quantitative estimate of drug-likeness (QED) is 0.578. The van der Waals surface area contributed by atoms with Crippen molar-refractivity contribution in [2.24, 2.45) is 23.2 Å². The van der Waals surface area contributed by atoms with Gasteiger partial charge in [0.25, 0.3) is 0 Å². The largest absolute Gasteiger partial charge is 0.476 e. The van der Waals surface area contributed by atoms with Crippen molar-refractivity contribution in [2.45, 2.75) is 70.8 Å². The molecule has 4 heteroatoms. The molecule has 0 aromatic rings. The van der Waals surface area contributed by atoms with E-state index in [9.17, 15) is 0 Å². The predicted octanol–water partition coefficient (Wildman–Crippen LogP) is 3.91. The van der Waals surface area contributed by atoms with Crippen LogP contribution in [-0.4, -0.2) is 24.1 Å². The van der Waals surface area contributed by atoms with E-state index in [0.717, 1.165) is 12.3 Å². The van der Waals surface area contributed by atoms with Crippen LogP contribution < -0.4 is 0 Å². The Morgan fingerprint density at radius 3 is 2.63 bits per heavy atom. The van der Waals surface area contributed by atoms with E-state index in [1.54, 1.807) is 0 Å². The maximum absolute atomic E-state index is 8.38. The van der Waals surface area contributed by atoms with Crippen LogP contribution in [0.5, 0.6) is 0 Å². The summed E-state index contributed by atoms with van der Waals surface area (Å²) in [6.45, 7) is 11.0. The first kappa shape index (κ1) is 13.0. The first-order chi connectivity index (χ1) is 9.07. The number of halogens is 1. The van der Waals surface area contributed by atoms with Gasteiger partial charge in [-0.05, 0) is 49.4 Å². The zero-order valence-corrected chi connectivity index (χ0v) is 13.5. The summed E-state index contributed by atoms with van der Waals surface area (Å²) in [4.78, 5) is 0. The van der Waals surface area contributed by atoms with Crippen LogP contribution in [0.3, 0.4) is 0 Å². The lowest BCUT2D eigenvalue weighted by Gasteiger charge is -2.64. The number of rotatable bonds is 3. The van der Waals surface area contributed by atoms with Gasteiger partial charge in [-0.3, -0.25) is 0 Å². The minimum atomic E-state index is -1.18. The highest BCUT2D eigenvalue weighted by molar-refractivity contribution is 6.59. The van der Waals surface area contributed by atoms with E-state index in [1.807, 2.05) is 0 Å². The van der Waals surface area contributed by atoms with Crippen molar-refractivity contribution in [1.29, 1.82) is 0 Å². The first-order valence-corrected chi connectivity index (χ1v) is 7.97. The van der Waals surface area contributed by atoms with Crippen LogP contribution in [0.2, 0.25) is 0 Å². The second-order valence-electron chi connectivity index (χ2n) is 7.85. The molecule has 1 unspecified atom stereocenters. The smallest absolute Gasteiger partial charge is 0.404 e. The summed E-state index contributed by atoms with van der Waals surface area (Å²) in [5, 5.41) is -1.18. The van der Waals surface area contributed by atoms with E-state index in [2.05, 4.69) is 34.6 Å². The predicted molar refractivity (Wildman–Crippen MR) is 79.2 cm³/mol. The lowest BCUT2D eigenvalue weighted by Crippen LogP contribution is -2.65. The fourth-order valence-corrected chi connectivity index (χ4v) is 4.89. The number of hydrogen-bond acceptors (Lipinski definition) is 2. The van der Waals surface area contributed by atoms with Crippen LogP contribution in [0.1, 0.15) is 55.3 Å². The Balaban J connectivity index is 1.79. The van der Waals surface area contributed by atoms with Gasteiger partial charge in [-0.2, -0.15) is 0 Å². The van der Waals surface area contributed by atoms with Crippen LogP contribution >= 0.6 is 11.6 Å². The molecule has 0 radical (unpaired) electrons. The minimum absolute atomic E-state index is 0.111. The van der Waals surface area contributed by atoms with Gasteiger partial charge >= 0.3 is 7.12 Å². The SMILES string of the molecule is [2H]C(Cl)(CC(C)C)B1O[C@@H]2C[C@@H]3C[C@@H](C3(C)C)[C@]2(C)O1. The summed E-state index contributed by atoms with van der Waals surface area (Å²) in [6, 6.07) is 0. The van der Waals surface area contributed by atoms with Gasteiger partial charge in [0.2, 0.25) is 0 Å². The molecule has 1 heterocycles. The highest BCUT2D eigenvalue weighted by atomic mass is 35.5. The van der Waals surface area contributed by atoms with Gasteiger partial charge in [0, 0.05) is 1.37 Å². The summed E-state index contributed by atoms with van der Waals surface area (Å²) in [7, 11) is -0.600. The van der Waals surface area contributed by atoms with E-state index >= 15 is 0 Å². The third-order valence-electron chi connectivity index (χ3n) is 5.81. The Hall–Kier alpha value is 0.275. The molecule has 2 nitrogen and oxygen atoms in total. The maximum Gasteiger partial charge on any atom is 0.476 e. The van der Waals surface area contributed by atoms with Crippen molar-refractivity contribution in [2.75, 3.05) is 0 Å². The topological polar surface area (TPSA) is 18.5 Å². The van der Waals surface area contributed by atoms with Crippen LogP contribution in [0.25, 0.3) is 0 Å². The monoisotopic (exact) mass is 285 g/mol. The Morgan fingerprint density at radius 1 is 1.37 bits per heavy atom. The molecule has 4 rings (SSSR count). The summed E-state index contributed by atoms with van der Waals surface area (Å²) in [5.74, 6) is 1.61. The van der Waals surface area contributed by atoms with Gasteiger partial charge in [-0.1, -0.05) is 27.7 Å². The average Bonchev–Trinajstić information content (AvgIpc) is 2.64. The van der Waals surface area contributed by atoms with E-state index < -0.39 is 12.4 Å². The molecule has 1 saturated heterocycles. The van der Waals surface area contributed by atoms with E-state index in [1.165, 1.54) is 6.42 Å². The van der Waals surface area contributed by atoms with Crippen molar-refractivity contribution in [3.05, 3.63) is 0 Å². The van der Waals surface area contributed by atoms with Crippen LogP contribution in [-0.2, 0) is 9.31 Å². The van der Waals surface area contributed by atoms with Crippen LogP contribution in [0, 0.1) is 23.2 Å². The summed E-state index contributed by atoms with van der Waals surface area (Å²) in [6.07, 6.45) is 2.97. The molecular weight excluding hydrogens is 258 g/mol. The van der Waals surface area contributed by atoms with Crippen molar-refractivity contribution < 1.29 is 10.7 Å². The molecule has 0 N–H and O–H groups in total. The van der Waals surface area contributed by atoms with Gasteiger partial charge in [0.1, 0.15) is 0 Å². The molecule has 108 valence electrons. The lowest BCUT2D eigenvalue weighted by molar-refractivity contribution is -0.199. The molecule has 0 amide bonds. The molecule has 3 aliphatic carbocycles. The van der Waals surface area contributed by atoms with Crippen molar-refractivity contribution in [3.63, 3.8) is 0 Å². The lowest BCUT2D eigenvalue weighted by atomic mass is 9.43. The molecule has 0 spiro atoms. The molecule has 4 fully saturated rings. The third kappa shape index (κ3) is 1.99. The fourth-order valence-electron chi connectivity index (χ4n) is 4.49. The molecular formula is C15H26BClO2. The summed E-state index contributed by atoms with van der Waals surface area (Å²) >= 11 is 6.41. The highest BCUT2D eigenvalue weighted by Crippen LogP contribution is 2.65. The Morgan fingerprint density at radius 2 is 2.05 bits per heavy atom. The third-order valence-corrected chi connectivity index (χ3v) is 6.14. The average molecular weight is 286 g/mol. The second kappa shape index (κ2) is 4.38. The minimum Gasteiger partial charge on any atom is -0.404 e. The fraction of sp³-hybridized carbons (Fsp3) is 1.00. The zero-order valence-electron chi connectivity index (χ0n) is 13.7. The Labute approximate surface area is 124 Å². The highest BCUT2D eigenvalue weighted by Gasteiger charge is 2.68. The van der Waals surface area contributed by atoms with Crippen LogP contribution in [0.4, 0.5) is 0 Å². The van der Waals surface area contributed by atoms with Gasteiger partial charge in [-0.15, -0.1) is 11.6 Å². The standard InChI is InChI=1S/C15H26BClO2/c1-9(2)6-13(17)16-18-12-8-10-7-11(14(10,3)4)15(12,5)19-16/h9-13H,6-8H2,1-5H3/t10-,11-,12+,13?,15-/m0/s1/i13D. The molecule has 5 atom stereocenters. The second-order valence-corrected chi connectivity index (χ2v) is 8.33. The number of hydrogen-bond donors (Lipinski definition) is 0. The first-order valence-electron chi connectivity index (χ1n) is 8.09. The normalized spacial score (nSPS) is 47.4. The molecule has 2 bridgehead atoms. The Kier molecular flexibility index (Phi) is 2.99. The molecule has 3 saturated carbocycles. The van der Waals surface area contributed by atoms with Gasteiger partial charge in [0.05, 0.1) is 17.0 Å². The van der Waals surface area contributed by atoms with Crippen LogP contribution in [0.15, 0.2) is 0 Å². The van der Waals surface area contributed by atoms with Gasteiger partial charge in [-0.25, -0.2) is 0 Å². The van der Waals surface area contributed by atoms with Crippen molar-refractivity contribution in [1.82, 2.24) is 0 Å². The van der Waals surface area contributed by atoms with Crippen molar-refractivity contribution >= 4 is 18.7 Å². The molecule has 0 aromatic heterocycles. The van der Waals surface area contributed by atoms with Gasteiger partial charge in [0.15, 0.2) is 0 Å². The molecule has 4 aliphatic rings. The molecule has 19 heavy (non-hydrogen) atoms. The van der Waals surface area contributed by atoms with E-state index in [-0.39, 0.29) is 11.7 Å². The molecule has 0 aromatic carbocycles. The summed E-state index contributed by atoms with van der Waals surface area (Å²) < 4.78 is 20.7. The summed E-state index contributed by atoms with van der Waals surface area (Å²) in [5.41, 5.74) is 0.0691. The molecule has 1 aliphatic heterocycles. The van der Waals surface area contributed by atoms with Crippen molar-refractivity contribution in [3.8, 4) is 0 Å². The zero-order chi connectivity index (χ0) is 14.9. The van der Waals surface area contributed by atoms with E-state index in [0.29, 0.717) is 23.7 Å². The maximum atomic E-state index is 8.38. The van der Waals surface area contributed by atoms with Gasteiger partial charge < -0.3 is 9.31 Å². The number of alkyl halides is 1. The Bertz CT molecular complexity index is 415. The van der Waals surface area contributed by atoms with E-state index in [4.69, 9.17) is 22.3 Å².